The Morgan fingerprint density at radius 1 is 0.942 bits per heavy atom. The van der Waals surface area contributed by atoms with Crippen LogP contribution in [-0.2, 0) is 43.4 Å². The van der Waals surface area contributed by atoms with E-state index < -0.39 is 73.2 Å². The van der Waals surface area contributed by atoms with E-state index in [-0.39, 0.29) is 32.7 Å². The Hall–Kier alpha value is -5.38. The molecule has 3 aromatic carbocycles. The van der Waals surface area contributed by atoms with Crippen LogP contribution in [0.15, 0.2) is 96.1 Å². The van der Waals surface area contributed by atoms with Crippen LogP contribution in [0.1, 0.15) is 29.5 Å². The van der Waals surface area contributed by atoms with Gasteiger partial charge < -0.3 is 49.4 Å². The van der Waals surface area contributed by atoms with Crippen molar-refractivity contribution in [2.24, 2.45) is 5.11 Å². The zero-order chi connectivity index (χ0) is 36.5. The third-order valence-corrected chi connectivity index (χ3v) is 9.23. The molecule has 0 unspecified atom stereocenters. The lowest BCUT2D eigenvalue weighted by atomic mass is 9.81. The zero-order valence-electron chi connectivity index (χ0n) is 28.0. The molecule has 2 saturated heterocycles. The van der Waals surface area contributed by atoms with Crippen LogP contribution in [0.4, 0.5) is 14.4 Å². The van der Waals surface area contributed by atoms with E-state index in [4.69, 9.17) is 23.7 Å². The van der Waals surface area contributed by atoms with E-state index in [1.165, 1.54) is 4.90 Å². The number of rotatable bonds is 13. The van der Waals surface area contributed by atoms with Crippen LogP contribution >= 0.6 is 0 Å². The van der Waals surface area contributed by atoms with Crippen molar-refractivity contribution < 1.29 is 48.3 Å². The molecule has 1 saturated carbocycles. The highest BCUT2D eigenvalue weighted by atomic mass is 16.7. The van der Waals surface area contributed by atoms with E-state index in [0.717, 1.165) is 16.7 Å². The lowest BCUT2D eigenvalue weighted by molar-refractivity contribution is -0.264. The molecule has 0 spiro atoms. The predicted molar refractivity (Wildman–Crippen MR) is 182 cm³/mol. The molecule has 9 atom stereocenters. The summed E-state index contributed by atoms with van der Waals surface area (Å²) >= 11 is 0. The molecule has 3 amide bonds. The minimum atomic E-state index is -1.52. The molecule has 0 bridgehead atoms. The third-order valence-electron chi connectivity index (χ3n) is 9.23. The summed E-state index contributed by atoms with van der Waals surface area (Å²) in [5.74, 6) is 0. The molecular formula is C36H40N6O10. The fourth-order valence-corrected chi connectivity index (χ4v) is 6.71. The summed E-state index contributed by atoms with van der Waals surface area (Å²) in [6.07, 6.45) is -9.18. The number of ether oxygens (including phenoxy) is 5. The Morgan fingerprint density at radius 2 is 1.58 bits per heavy atom. The Bertz CT molecular complexity index is 1700. The first-order valence-electron chi connectivity index (χ1n) is 16.9. The molecule has 2 aliphatic heterocycles. The second-order valence-corrected chi connectivity index (χ2v) is 12.7. The smallest absolute Gasteiger partial charge is 0.408 e. The molecule has 3 fully saturated rings. The van der Waals surface area contributed by atoms with E-state index in [1.807, 2.05) is 78.9 Å². The first kappa shape index (κ1) is 36.4. The van der Waals surface area contributed by atoms with Crippen LogP contribution in [0, 0.1) is 0 Å². The van der Waals surface area contributed by atoms with E-state index in [0.29, 0.717) is 6.42 Å². The van der Waals surface area contributed by atoms with Crippen LogP contribution in [0.5, 0.6) is 0 Å². The fourth-order valence-electron chi connectivity index (χ4n) is 6.71. The molecule has 0 radical (unpaired) electrons. The normalized spacial score (nSPS) is 27.9. The third kappa shape index (κ3) is 9.09. The van der Waals surface area contributed by atoms with E-state index in [9.17, 15) is 30.1 Å². The first-order chi connectivity index (χ1) is 25.3. The topological polar surface area (TPSA) is 214 Å². The number of aliphatic hydroxyl groups is 1. The van der Waals surface area contributed by atoms with Crippen molar-refractivity contribution in [3.63, 3.8) is 0 Å². The quantitative estimate of drug-likeness (QED) is 0.111. The molecule has 6 rings (SSSR count). The maximum atomic E-state index is 13.4. The highest BCUT2D eigenvalue weighted by Gasteiger charge is 2.58. The number of benzene rings is 3. The van der Waals surface area contributed by atoms with Gasteiger partial charge in [-0.2, -0.15) is 0 Å². The molecule has 16 nitrogen and oxygen atoms in total. The van der Waals surface area contributed by atoms with Gasteiger partial charge in [0.25, 0.3) is 0 Å². The number of nitrogens with one attached hydrogen (secondary N) is 2. The second kappa shape index (κ2) is 17.2. The van der Waals surface area contributed by atoms with Crippen molar-refractivity contribution in [3.05, 3.63) is 118 Å². The Labute approximate surface area is 299 Å². The minimum absolute atomic E-state index is 0.0250. The van der Waals surface area contributed by atoms with E-state index in [1.54, 1.807) is 12.1 Å². The number of fused-ring (bicyclic) bond motifs is 1. The summed E-state index contributed by atoms with van der Waals surface area (Å²) in [6.45, 7) is 0.106. The van der Waals surface area contributed by atoms with Crippen molar-refractivity contribution in [3.8, 4) is 0 Å². The van der Waals surface area contributed by atoms with E-state index >= 15 is 0 Å². The Morgan fingerprint density at radius 3 is 2.21 bits per heavy atom. The summed E-state index contributed by atoms with van der Waals surface area (Å²) in [5, 5.41) is 31.1. The fraction of sp³-hybridized carbons (Fsp3) is 0.417. The largest absolute Gasteiger partial charge is 0.465 e. The van der Waals surface area contributed by atoms with Crippen molar-refractivity contribution in [1.82, 2.24) is 15.5 Å². The minimum Gasteiger partial charge on any atom is -0.465 e. The summed E-state index contributed by atoms with van der Waals surface area (Å²) in [7, 11) is 0. The second-order valence-electron chi connectivity index (χ2n) is 12.7. The van der Waals surface area contributed by atoms with Gasteiger partial charge in [-0.3, -0.25) is 0 Å². The predicted octanol–water partition coefficient (Wildman–Crippen LogP) is 4.47. The molecule has 3 aromatic rings. The number of hydrogen-bond donors (Lipinski definition) is 4. The van der Waals surface area contributed by atoms with Crippen LogP contribution < -0.4 is 10.6 Å². The summed E-state index contributed by atoms with van der Waals surface area (Å²) in [5.41, 5.74) is 11.7. The Balaban J connectivity index is 1.26. The van der Waals surface area contributed by atoms with Crippen LogP contribution in [0.3, 0.4) is 0 Å². The van der Waals surface area contributed by atoms with Crippen molar-refractivity contribution in [2.45, 2.75) is 87.5 Å². The van der Waals surface area contributed by atoms with Gasteiger partial charge in [-0.15, -0.1) is 0 Å². The molecular weight excluding hydrogens is 676 g/mol. The number of nitrogens with zero attached hydrogens (tertiary/aromatic N) is 4. The molecule has 1 aliphatic carbocycles. The first-order valence-corrected chi connectivity index (χ1v) is 16.9. The molecule has 0 aromatic heterocycles. The number of alkyl carbamates (subject to hydrolysis) is 2. The number of carbonyl (C=O) groups is 3. The summed E-state index contributed by atoms with van der Waals surface area (Å²) in [4.78, 5) is 42.3. The lowest BCUT2D eigenvalue weighted by Crippen LogP contribution is -2.71. The van der Waals surface area contributed by atoms with Gasteiger partial charge in [-0.1, -0.05) is 96.1 Å². The molecule has 274 valence electrons. The number of aliphatic hydroxyl groups excluding tert-OH is 1. The average Bonchev–Trinajstić information content (AvgIpc) is 3.55. The molecule has 52 heavy (non-hydrogen) atoms. The zero-order valence-corrected chi connectivity index (χ0v) is 28.0. The van der Waals surface area contributed by atoms with Crippen molar-refractivity contribution >= 4 is 18.3 Å². The number of carboxylic acid groups (broad SMARTS) is 1. The lowest BCUT2D eigenvalue weighted by Gasteiger charge is -2.47. The monoisotopic (exact) mass is 716 g/mol. The van der Waals surface area contributed by atoms with Gasteiger partial charge in [0.1, 0.15) is 31.0 Å². The van der Waals surface area contributed by atoms with Gasteiger partial charge in [-0.25, -0.2) is 14.4 Å². The van der Waals surface area contributed by atoms with Gasteiger partial charge in [-0.05, 0) is 35.1 Å². The highest BCUT2D eigenvalue weighted by molar-refractivity contribution is 5.71. The van der Waals surface area contributed by atoms with Crippen LogP contribution in [0.25, 0.3) is 10.4 Å². The van der Waals surface area contributed by atoms with Gasteiger partial charge >= 0.3 is 18.3 Å². The standard InChI is InChI=1S/C36H40N6O10/c37-41-40-26-17-16-25(19-42(36(46)47)18-22-10-4-1-5-11-22)50-33(26)51-31-27(38-34(44)49-21-24-14-8-3-9-15-24)30(48-20-23-12-6-2-7-13-23)28-32(29(31)43)52-35(45)39-28/h1-15,25-33,43H,16-21H2,(H,38,44)(H,39,45)(H,46,47)/t25-,26+,27-,28+,29-,30-,31+,32-,33+/m0/s1. The van der Waals surface area contributed by atoms with Crippen LogP contribution in [-0.4, -0.2) is 94.9 Å². The molecule has 2 heterocycles. The molecule has 4 N–H and O–H groups in total. The van der Waals surface area contributed by atoms with Gasteiger partial charge in [0.15, 0.2) is 12.4 Å². The van der Waals surface area contributed by atoms with Gasteiger partial charge in [0.2, 0.25) is 0 Å². The number of amides is 3. The van der Waals surface area contributed by atoms with Crippen molar-refractivity contribution in [1.29, 1.82) is 0 Å². The summed E-state index contributed by atoms with van der Waals surface area (Å²) in [6, 6.07) is 24.4. The number of hydrogen-bond acceptors (Lipinski definition) is 10. The number of azide groups is 1. The summed E-state index contributed by atoms with van der Waals surface area (Å²) < 4.78 is 30.0. The van der Waals surface area contributed by atoms with Gasteiger partial charge in [0, 0.05) is 11.5 Å². The average molecular weight is 717 g/mol. The molecule has 16 heteroatoms. The maximum Gasteiger partial charge on any atom is 0.408 e. The highest BCUT2D eigenvalue weighted by Crippen LogP contribution is 2.35. The van der Waals surface area contributed by atoms with Crippen molar-refractivity contribution in [2.75, 3.05) is 6.54 Å². The number of carbonyl (C=O) groups excluding carboxylic acids is 2. The molecule has 3 aliphatic rings. The SMILES string of the molecule is [N-]=[N+]=N[C@@H]1CC[C@@H](CN(Cc2ccccc2)C(=O)O)O[C@@H]1O[C@H]1[C@H](O)[C@H]2OC(=O)N[C@@H]2[C@@H](OCc2ccccc2)[C@@H]1NC(=O)OCc1ccccc1. The Kier molecular flexibility index (Phi) is 12.1. The van der Waals surface area contributed by atoms with Gasteiger partial charge in [0.05, 0.1) is 31.3 Å². The van der Waals surface area contributed by atoms with Crippen LogP contribution in [0.2, 0.25) is 0 Å². The van der Waals surface area contributed by atoms with E-state index in [2.05, 4.69) is 20.7 Å². The maximum absolute atomic E-state index is 13.4.